The Hall–Kier alpha value is -0.610. The van der Waals surface area contributed by atoms with Gasteiger partial charge < -0.3 is 15.0 Å². The maximum Gasteiger partial charge on any atom is 0.228 e. The van der Waals surface area contributed by atoms with Gasteiger partial charge in [-0.25, -0.2) is 0 Å². The van der Waals surface area contributed by atoms with Crippen LogP contribution in [0.25, 0.3) is 0 Å². The van der Waals surface area contributed by atoms with E-state index in [2.05, 4.69) is 17.1 Å². The number of carbonyl (C=O) groups excluding carboxylic acids is 1. The SMILES string of the molecule is CCCN(C(=O)C1CC1OCC)C1CCNCC1. The van der Waals surface area contributed by atoms with Gasteiger partial charge in [-0.2, -0.15) is 0 Å². The Morgan fingerprint density at radius 2 is 2.06 bits per heavy atom. The molecule has 1 saturated carbocycles. The first-order chi connectivity index (χ1) is 8.77. The zero-order valence-electron chi connectivity index (χ0n) is 11.7. The van der Waals surface area contributed by atoms with E-state index >= 15 is 0 Å². The summed E-state index contributed by atoms with van der Waals surface area (Å²) in [4.78, 5) is 14.6. The molecule has 0 aromatic heterocycles. The standard InChI is InChI=1S/C14H26N2O2/c1-3-9-16(11-5-7-15-8-6-11)14(17)12-10-13(12)18-4-2/h11-13,15H,3-10H2,1-2H3. The topological polar surface area (TPSA) is 41.6 Å². The summed E-state index contributed by atoms with van der Waals surface area (Å²) in [6.45, 7) is 7.84. The third kappa shape index (κ3) is 3.23. The van der Waals surface area contributed by atoms with Crippen LogP contribution >= 0.6 is 0 Å². The molecule has 104 valence electrons. The number of nitrogens with zero attached hydrogens (tertiary/aromatic N) is 1. The van der Waals surface area contributed by atoms with Gasteiger partial charge in [-0.05, 0) is 45.7 Å². The van der Waals surface area contributed by atoms with Crippen LogP contribution in [0.15, 0.2) is 0 Å². The highest BCUT2D eigenvalue weighted by Gasteiger charge is 2.46. The van der Waals surface area contributed by atoms with Crippen LogP contribution in [0.4, 0.5) is 0 Å². The van der Waals surface area contributed by atoms with E-state index in [4.69, 9.17) is 4.74 Å². The third-order valence-corrected chi connectivity index (χ3v) is 3.93. The molecule has 1 aliphatic heterocycles. The van der Waals surface area contributed by atoms with Crippen LogP contribution in [0.5, 0.6) is 0 Å². The minimum Gasteiger partial charge on any atom is -0.378 e. The van der Waals surface area contributed by atoms with Crippen LogP contribution in [0, 0.1) is 5.92 Å². The molecule has 2 fully saturated rings. The van der Waals surface area contributed by atoms with Crippen molar-refractivity contribution < 1.29 is 9.53 Å². The Balaban J connectivity index is 1.90. The van der Waals surface area contributed by atoms with E-state index in [0.29, 0.717) is 11.9 Å². The fourth-order valence-corrected chi connectivity index (χ4v) is 2.87. The van der Waals surface area contributed by atoms with Gasteiger partial charge in [0.25, 0.3) is 0 Å². The molecule has 1 saturated heterocycles. The summed E-state index contributed by atoms with van der Waals surface area (Å²) in [6.07, 6.45) is 4.36. The molecule has 1 amide bonds. The molecule has 1 heterocycles. The van der Waals surface area contributed by atoms with E-state index in [1.54, 1.807) is 0 Å². The molecule has 0 bridgehead atoms. The minimum atomic E-state index is 0.145. The third-order valence-electron chi connectivity index (χ3n) is 3.93. The van der Waals surface area contributed by atoms with Crippen LogP contribution in [0.2, 0.25) is 0 Å². The highest BCUT2D eigenvalue weighted by atomic mass is 16.5. The first-order valence-electron chi connectivity index (χ1n) is 7.40. The molecule has 2 unspecified atom stereocenters. The van der Waals surface area contributed by atoms with Crippen molar-refractivity contribution >= 4 is 5.91 Å². The molecule has 0 aromatic rings. The molecule has 4 nitrogen and oxygen atoms in total. The van der Waals surface area contributed by atoms with Crippen molar-refractivity contribution in [3.8, 4) is 0 Å². The van der Waals surface area contributed by atoms with Crippen LogP contribution < -0.4 is 5.32 Å². The molecule has 1 N–H and O–H groups in total. The van der Waals surface area contributed by atoms with Crippen LogP contribution in [0.1, 0.15) is 39.5 Å². The first kappa shape index (κ1) is 13.8. The van der Waals surface area contributed by atoms with Crippen molar-refractivity contribution in [2.45, 2.75) is 51.7 Å². The summed E-state index contributed by atoms with van der Waals surface area (Å²) in [6, 6.07) is 0.446. The molecule has 0 aromatic carbocycles. The van der Waals surface area contributed by atoms with Gasteiger partial charge >= 0.3 is 0 Å². The zero-order valence-corrected chi connectivity index (χ0v) is 11.7. The van der Waals surface area contributed by atoms with E-state index in [9.17, 15) is 4.79 Å². The van der Waals surface area contributed by atoms with E-state index in [1.807, 2.05) is 6.92 Å². The first-order valence-corrected chi connectivity index (χ1v) is 7.40. The Bertz CT molecular complexity index is 277. The van der Waals surface area contributed by atoms with Crippen molar-refractivity contribution in [1.82, 2.24) is 10.2 Å². The second kappa shape index (κ2) is 6.53. The molecule has 4 heteroatoms. The summed E-state index contributed by atoms with van der Waals surface area (Å²) in [7, 11) is 0. The highest BCUT2D eigenvalue weighted by Crippen LogP contribution is 2.36. The van der Waals surface area contributed by atoms with Crippen molar-refractivity contribution in [3.05, 3.63) is 0 Å². The highest BCUT2D eigenvalue weighted by molar-refractivity contribution is 5.82. The van der Waals surface area contributed by atoms with Crippen LogP contribution in [-0.4, -0.2) is 49.2 Å². The van der Waals surface area contributed by atoms with Gasteiger partial charge in [0, 0.05) is 19.2 Å². The number of hydrogen-bond donors (Lipinski definition) is 1. The molecule has 2 atom stereocenters. The monoisotopic (exact) mass is 254 g/mol. The van der Waals surface area contributed by atoms with Crippen molar-refractivity contribution in [1.29, 1.82) is 0 Å². The van der Waals surface area contributed by atoms with Gasteiger partial charge in [-0.3, -0.25) is 4.79 Å². The maximum absolute atomic E-state index is 12.5. The lowest BCUT2D eigenvalue weighted by Gasteiger charge is -2.34. The quantitative estimate of drug-likeness (QED) is 0.779. The molecule has 2 rings (SSSR count). The molecular weight excluding hydrogens is 228 g/mol. The second-order valence-corrected chi connectivity index (χ2v) is 5.35. The number of carbonyl (C=O) groups is 1. The van der Waals surface area contributed by atoms with Gasteiger partial charge in [-0.15, -0.1) is 0 Å². The second-order valence-electron chi connectivity index (χ2n) is 5.35. The average Bonchev–Trinajstić information content (AvgIpc) is 3.16. The van der Waals surface area contributed by atoms with Crippen LogP contribution in [-0.2, 0) is 9.53 Å². The van der Waals surface area contributed by atoms with Gasteiger partial charge in [0.2, 0.25) is 5.91 Å². The van der Waals surface area contributed by atoms with Gasteiger partial charge in [0.05, 0.1) is 12.0 Å². The summed E-state index contributed by atoms with van der Waals surface area (Å²) in [5.41, 5.74) is 0. The van der Waals surface area contributed by atoms with E-state index < -0.39 is 0 Å². The Morgan fingerprint density at radius 1 is 1.33 bits per heavy atom. The van der Waals surface area contributed by atoms with Crippen LogP contribution in [0.3, 0.4) is 0 Å². The number of hydrogen-bond acceptors (Lipinski definition) is 3. The summed E-state index contributed by atoms with van der Waals surface area (Å²) in [5, 5.41) is 3.36. The Labute approximate surface area is 110 Å². The molecule has 2 aliphatic rings. The number of ether oxygens (including phenoxy) is 1. The minimum absolute atomic E-state index is 0.145. The van der Waals surface area contributed by atoms with E-state index in [0.717, 1.165) is 51.9 Å². The molecule has 0 spiro atoms. The summed E-state index contributed by atoms with van der Waals surface area (Å²) < 4.78 is 5.54. The van der Waals surface area contributed by atoms with E-state index in [-0.39, 0.29) is 12.0 Å². The van der Waals surface area contributed by atoms with Crippen molar-refractivity contribution in [2.75, 3.05) is 26.2 Å². The fraction of sp³-hybridized carbons (Fsp3) is 0.929. The molecule has 1 aliphatic carbocycles. The van der Waals surface area contributed by atoms with Crippen molar-refractivity contribution in [2.24, 2.45) is 5.92 Å². The largest absolute Gasteiger partial charge is 0.378 e. The Morgan fingerprint density at radius 3 is 2.67 bits per heavy atom. The fourth-order valence-electron chi connectivity index (χ4n) is 2.87. The average molecular weight is 254 g/mol. The smallest absolute Gasteiger partial charge is 0.228 e. The number of amides is 1. The normalized spacial score (nSPS) is 28.1. The van der Waals surface area contributed by atoms with Gasteiger partial charge in [-0.1, -0.05) is 6.92 Å². The van der Waals surface area contributed by atoms with Crippen molar-refractivity contribution in [3.63, 3.8) is 0 Å². The predicted octanol–water partition coefficient (Wildman–Crippen LogP) is 1.40. The molecular formula is C14H26N2O2. The molecule has 0 radical (unpaired) electrons. The van der Waals surface area contributed by atoms with Gasteiger partial charge in [0.15, 0.2) is 0 Å². The summed E-state index contributed by atoms with van der Waals surface area (Å²) >= 11 is 0. The predicted molar refractivity (Wildman–Crippen MR) is 71.4 cm³/mol. The lowest BCUT2D eigenvalue weighted by Crippen LogP contribution is -2.47. The van der Waals surface area contributed by atoms with E-state index in [1.165, 1.54) is 0 Å². The lowest BCUT2D eigenvalue weighted by atomic mass is 10.0. The van der Waals surface area contributed by atoms with Gasteiger partial charge in [0.1, 0.15) is 0 Å². The zero-order chi connectivity index (χ0) is 13.0. The lowest BCUT2D eigenvalue weighted by molar-refractivity contribution is -0.136. The number of rotatable bonds is 6. The molecule has 18 heavy (non-hydrogen) atoms. The summed E-state index contributed by atoms with van der Waals surface area (Å²) in [5.74, 6) is 0.480. The number of piperidine rings is 1. The Kier molecular flexibility index (Phi) is 5.01. The maximum atomic E-state index is 12.5. The number of nitrogens with one attached hydrogen (secondary N) is 1.